The zero-order valence-electron chi connectivity index (χ0n) is 30.3. The van der Waals surface area contributed by atoms with Crippen molar-refractivity contribution in [3.63, 3.8) is 0 Å². The molecule has 57 heavy (non-hydrogen) atoms. The first-order chi connectivity index (χ1) is 28.1. The Morgan fingerprint density at radius 3 is 1.39 bits per heavy atom. The lowest BCUT2D eigenvalue weighted by molar-refractivity contribution is 1.16. The number of fused-ring (bicyclic) bond motifs is 9. The lowest BCUT2D eigenvalue weighted by atomic mass is 10.00. The van der Waals surface area contributed by atoms with Gasteiger partial charge in [-0.15, -0.1) is 0 Å². The fourth-order valence-electron chi connectivity index (χ4n) is 8.87. The van der Waals surface area contributed by atoms with Gasteiger partial charge in [-0.05, 0) is 103 Å². The highest BCUT2D eigenvalue weighted by Crippen LogP contribution is 2.41. The molecule has 0 aliphatic heterocycles. The predicted molar refractivity (Wildman–Crippen MR) is 229 cm³/mol. The van der Waals surface area contributed by atoms with Crippen LogP contribution in [0.15, 0.2) is 170 Å². The molecule has 11 rings (SSSR count). The molecule has 3 heterocycles. The van der Waals surface area contributed by atoms with Gasteiger partial charge in [0.05, 0.1) is 73.7 Å². The molecule has 0 fully saturated rings. The van der Waals surface area contributed by atoms with Crippen molar-refractivity contribution in [1.82, 2.24) is 13.7 Å². The molecule has 0 N–H and O–H groups in total. The second-order valence-electron chi connectivity index (χ2n) is 14.3. The number of nitrogens with zero attached hydrogens (tertiary/aromatic N) is 6. The molecule has 0 atom stereocenters. The molecule has 11 aromatic rings. The van der Waals surface area contributed by atoms with Crippen molar-refractivity contribution in [2.45, 2.75) is 0 Å². The maximum absolute atomic E-state index is 10.4. The highest BCUT2D eigenvalue weighted by atomic mass is 15.0. The van der Waals surface area contributed by atoms with E-state index in [0.29, 0.717) is 16.7 Å². The van der Waals surface area contributed by atoms with Gasteiger partial charge in [0.2, 0.25) is 0 Å². The second-order valence-corrected chi connectivity index (χ2v) is 14.3. The topological polar surface area (TPSA) is 86.2 Å². The van der Waals surface area contributed by atoms with Crippen LogP contribution in [0.4, 0.5) is 0 Å². The fourth-order valence-corrected chi connectivity index (χ4v) is 8.87. The van der Waals surface area contributed by atoms with E-state index in [0.717, 1.165) is 82.8 Å². The monoisotopic (exact) mass is 724 g/mol. The first-order valence-corrected chi connectivity index (χ1v) is 18.7. The second kappa shape index (κ2) is 12.3. The molecule has 262 valence electrons. The third-order valence-electron chi connectivity index (χ3n) is 11.3. The number of rotatable bonds is 4. The van der Waals surface area contributed by atoms with Crippen LogP contribution < -0.4 is 0 Å². The van der Waals surface area contributed by atoms with Crippen LogP contribution in [0.5, 0.6) is 0 Å². The lowest BCUT2D eigenvalue weighted by Crippen LogP contribution is -2.00. The van der Waals surface area contributed by atoms with Crippen molar-refractivity contribution in [1.29, 1.82) is 15.8 Å². The molecule has 0 unspecified atom stereocenters. The summed E-state index contributed by atoms with van der Waals surface area (Å²) < 4.78 is 6.78. The van der Waals surface area contributed by atoms with Gasteiger partial charge in [0.15, 0.2) is 0 Å². The predicted octanol–water partition coefficient (Wildman–Crippen LogP) is 12.3. The minimum atomic E-state index is 0.536. The quantitative estimate of drug-likeness (QED) is 0.181. The third kappa shape index (κ3) is 4.74. The summed E-state index contributed by atoms with van der Waals surface area (Å²) in [6.07, 6.45) is 0. The van der Waals surface area contributed by atoms with E-state index in [4.69, 9.17) is 0 Å². The van der Waals surface area contributed by atoms with E-state index < -0.39 is 0 Å². The van der Waals surface area contributed by atoms with Crippen LogP contribution in [-0.4, -0.2) is 13.7 Å². The number of benzene rings is 8. The van der Waals surface area contributed by atoms with Crippen LogP contribution in [0.3, 0.4) is 0 Å². The Labute approximate surface area is 326 Å². The molecular weight excluding hydrogens is 697 g/mol. The Kier molecular flexibility index (Phi) is 6.95. The van der Waals surface area contributed by atoms with Gasteiger partial charge in [0.25, 0.3) is 0 Å². The SMILES string of the molecule is N#Cc1cc(-c2ccccc2-n2c3ccc(C#N)cc3c3cc(-n4c5ccccc5c5ccccc54)ccc32)cc(-n2c3ccccc3c3cc(C#N)ccc32)c1. The Morgan fingerprint density at radius 2 is 0.772 bits per heavy atom. The van der Waals surface area contributed by atoms with Gasteiger partial charge >= 0.3 is 0 Å². The molecule has 0 saturated heterocycles. The summed E-state index contributed by atoms with van der Waals surface area (Å²) in [6.45, 7) is 0. The van der Waals surface area contributed by atoms with Crippen molar-refractivity contribution in [3.05, 3.63) is 187 Å². The normalized spacial score (nSPS) is 11.5. The van der Waals surface area contributed by atoms with Crippen LogP contribution in [0.2, 0.25) is 0 Å². The van der Waals surface area contributed by atoms with Crippen molar-refractivity contribution >= 4 is 65.4 Å². The van der Waals surface area contributed by atoms with Crippen LogP contribution in [0.1, 0.15) is 16.7 Å². The summed E-state index contributed by atoms with van der Waals surface area (Å²) in [6, 6.07) is 64.9. The summed E-state index contributed by atoms with van der Waals surface area (Å²) in [5.41, 5.74) is 12.6. The molecule has 0 amide bonds. The molecule has 0 aliphatic carbocycles. The molecular formula is C51H28N6. The van der Waals surface area contributed by atoms with E-state index in [1.54, 1.807) is 0 Å². The summed E-state index contributed by atoms with van der Waals surface area (Å²) in [7, 11) is 0. The number of hydrogen-bond donors (Lipinski definition) is 0. The first-order valence-electron chi connectivity index (χ1n) is 18.7. The molecule has 0 radical (unpaired) electrons. The van der Waals surface area contributed by atoms with Gasteiger partial charge in [0, 0.05) is 49.3 Å². The number of aromatic nitrogens is 3. The van der Waals surface area contributed by atoms with E-state index in [2.05, 4.69) is 129 Å². The average molecular weight is 725 g/mol. The molecule has 0 bridgehead atoms. The highest BCUT2D eigenvalue weighted by Gasteiger charge is 2.20. The molecule has 3 aromatic heterocycles. The lowest BCUT2D eigenvalue weighted by Gasteiger charge is -2.16. The van der Waals surface area contributed by atoms with Crippen LogP contribution in [-0.2, 0) is 0 Å². The van der Waals surface area contributed by atoms with Crippen LogP contribution in [0, 0.1) is 34.0 Å². The average Bonchev–Trinajstić information content (AvgIpc) is 3.91. The molecule has 0 aliphatic rings. The largest absolute Gasteiger partial charge is 0.309 e. The standard InChI is InChI=1S/C51H28N6/c52-29-32-17-20-49-42(25-32)41-12-4-8-16-48(41)56(49)37-24-34(31-54)23-35(27-37)38-9-1-5-13-45(38)57-50-21-18-33(30-53)26-43(50)44-28-36(19-22-51(44)57)55-46-14-6-2-10-39(46)40-11-3-7-15-47(40)55/h1-28H. The van der Waals surface area contributed by atoms with E-state index in [1.165, 1.54) is 10.8 Å². The Hall–Kier alpha value is -8.37. The Bertz CT molecular complexity index is 3580. The minimum Gasteiger partial charge on any atom is -0.309 e. The molecule has 6 nitrogen and oxygen atoms in total. The van der Waals surface area contributed by atoms with E-state index in [9.17, 15) is 15.8 Å². The fraction of sp³-hybridized carbons (Fsp3) is 0. The maximum Gasteiger partial charge on any atom is 0.0992 e. The first kappa shape index (κ1) is 32.1. The van der Waals surface area contributed by atoms with Gasteiger partial charge in [0.1, 0.15) is 0 Å². The molecule has 8 aromatic carbocycles. The van der Waals surface area contributed by atoms with E-state index in [1.807, 2.05) is 72.8 Å². The van der Waals surface area contributed by atoms with Gasteiger partial charge in [-0.25, -0.2) is 0 Å². The zero-order chi connectivity index (χ0) is 38.2. The number of para-hydroxylation sites is 4. The summed E-state index contributed by atoms with van der Waals surface area (Å²) in [5, 5.41) is 36.6. The van der Waals surface area contributed by atoms with Crippen molar-refractivity contribution in [3.8, 4) is 46.4 Å². The Morgan fingerprint density at radius 1 is 0.316 bits per heavy atom. The van der Waals surface area contributed by atoms with Crippen LogP contribution >= 0.6 is 0 Å². The number of nitriles is 3. The maximum atomic E-state index is 10.4. The Balaban J connectivity index is 1.16. The van der Waals surface area contributed by atoms with Gasteiger partial charge < -0.3 is 13.7 Å². The summed E-state index contributed by atoms with van der Waals surface area (Å²) >= 11 is 0. The van der Waals surface area contributed by atoms with Crippen molar-refractivity contribution in [2.24, 2.45) is 0 Å². The summed E-state index contributed by atoms with van der Waals surface area (Å²) in [4.78, 5) is 0. The van der Waals surface area contributed by atoms with Gasteiger partial charge in [-0.1, -0.05) is 72.8 Å². The van der Waals surface area contributed by atoms with Gasteiger partial charge in [-0.2, -0.15) is 15.8 Å². The molecule has 0 saturated carbocycles. The number of hydrogen-bond acceptors (Lipinski definition) is 3. The zero-order valence-corrected chi connectivity index (χ0v) is 30.3. The van der Waals surface area contributed by atoms with E-state index in [-0.39, 0.29) is 0 Å². The molecule has 0 spiro atoms. The third-order valence-corrected chi connectivity index (χ3v) is 11.3. The van der Waals surface area contributed by atoms with Crippen molar-refractivity contribution < 1.29 is 0 Å². The van der Waals surface area contributed by atoms with Crippen molar-refractivity contribution in [2.75, 3.05) is 0 Å². The minimum absolute atomic E-state index is 0.536. The summed E-state index contributed by atoms with van der Waals surface area (Å²) in [5.74, 6) is 0. The van der Waals surface area contributed by atoms with Crippen LogP contribution in [0.25, 0.3) is 93.6 Å². The van der Waals surface area contributed by atoms with E-state index >= 15 is 0 Å². The highest BCUT2D eigenvalue weighted by molar-refractivity contribution is 6.13. The molecule has 6 heteroatoms. The van der Waals surface area contributed by atoms with Gasteiger partial charge in [-0.3, -0.25) is 0 Å². The smallest absolute Gasteiger partial charge is 0.0992 e.